The van der Waals surface area contributed by atoms with Gasteiger partial charge >= 0.3 is 5.97 Å². The number of rotatable bonds is 7. The summed E-state index contributed by atoms with van der Waals surface area (Å²) in [7, 11) is 2.65. The summed E-state index contributed by atoms with van der Waals surface area (Å²) in [6.45, 7) is -0.511. The van der Waals surface area contributed by atoms with E-state index in [1.54, 1.807) is 0 Å². The van der Waals surface area contributed by atoms with E-state index in [-0.39, 0.29) is 22.8 Å². The maximum Gasteiger partial charge on any atom is 0.342 e. The van der Waals surface area contributed by atoms with Gasteiger partial charge in [0.1, 0.15) is 11.3 Å². The van der Waals surface area contributed by atoms with Crippen molar-refractivity contribution in [3.8, 4) is 17.2 Å². The number of methoxy groups -OCH3 is 3. The molecule has 0 radical (unpaired) electrons. The van der Waals surface area contributed by atoms with E-state index in [9.17, 15) is 18.0 Å². The average Bonchev–Trinajstić information content (AvgIpc) is 3.03. The Balaban J connectivity index is 2.06. The SMILES string of the molecule is COc1cc(OC)c(C(=O)OCC(=O)N(C)[C@H]2CCS(=O)(=O)C2)cc1OC. The third kappa shape index (κ3) is 4.82. The molecule has 10 heteroatoms. The zero-order chi connectivity index (χ0) is 20.2. The van der Waals surface area contributed by atoms with Crippen LogP contribution in [0.25, 0.3) is 0 Å². The number of hydrogen-bond acceptors (Lipinski definition) is 8. The summed E-state index contributed by atoms with van der Waals surface area (Å²) in [6.07, 6.45) is 0.377. The molecule has 1 aromatic carbocycles. The summed E-state index contributed by atoms with van der Waals surface area (Å²) in [4.78, 5) is 25.9. The predicted molar refractivity (Wildman–Crippen MR) is 96.2 cm³/mol. The molecular weight excluding hydrogens is 378 g/mol. The van der Waals surface area contributed by atoms with Crippen molar-refractivity contribution in [1.82, 2.24) is 4.90 Å². The molecule has 1 aromatic rings. The first-order valence-corrected chi connectivity index (χ1v) is 9.97. The van der Waals surface area contributed by atoms with Crippen LogP contribution in [0.1, 0.15) is 16.8 Å². The van der Waals surface area contributed by atoms with E-state index in [1.165, 1.54) is 45.4 Å². The molecule has 0 unspecified atom stereocenters. The van der Waals surface area contributed by atoms with Gasteiger partial charge in [0.05, 0.1) is 32.8 Å². The molecule has 9 nitrogen and oxygen atoms in total. The number of ether oxygens (including phenoxy) is 4. The predicted octanol–water partition coefficient (Wildman–Crippen LogP) is 0.515. The van der Waals surface area contributed by atoms with Gasteiger partial charge < -0.3 is 23.8 Å². The van der Waals surface area contributed by atoms with Gasteiger partial charge in [0.25, 0.3) is 5.91 Å². The van der Waals surface area contributed by atoms with E-state index in [2.05, 4.69) is 0 Å². The van der Waals surface area contributed by atoms with Gasteiger partial charge in [0.15, 0.2) is 27.9 Å². The molecule has 150 valence electrons. The second kappa shape index (κ2) is 8.47. The van der Waals surface area contributed by atoms with Crippen LogP contribution in [0.15, 0.2) is 12.1 Å². The molecule has 1 saturated heterocycles. The van der Waals surface area contributed by atoms with Crippen molar-refractivity contribution in [2.45, 2.75) is 12.5 Å². The standard InChI is InChI=1S/C17H23NO8S/c1-18(11-5-6-27(21,22)10-11)16(19)9-26-17(20)12-7-14(24-3)15(25-4)8-13(12)23-2/h7-8,11H,5-6,9-10H2,1-4H3/t11-/m0/s1. The molecule has 27 heavy (non-hydrogen) atoms. The summed E-state index contributed by atoms with van der Waals surface area (Å²) >= 11 is 0. The minimum Gasteiger partial charge on any atom is -0.496 e. The molecule has 0 saturated carbocycles. The first kappa shape index (κ1) is 20.8. The van der Waals surface area contributed by atoms with Gasteiger partial charge in [-0.05, 0) is 6.42 Å². The Kier molecular flexibility index (Phi) is 6.53. The molecule has 2 rings (SSSR count). The topological polar surface area (TPSA) is 108 Å². The summed E-state index contributed by atoms with van der Waals surface area (Å²) in [6, 6.07) is 2.47. The highest BCUT2D eigenvalue weighted by Crippen LogP contribution is 2.34. The van der Waals surface area contributed by atoms with Gasteiger partial charge in [-0.3, -0.25) is 4.79 Å². The number of esters is 1. The normalized spacial score (nSPS) is 17.9. The maximum absolute atomic E-state index is 12.4. The van der Waals surface area contributed by atoms with E-state index in [4.69, 9.17) is 18.9 Å². The van der Waals surface area contributed by atoms with Crippen LogP contribution in [0.4, 0.5) is 0 Å². The highest BCUT2D eigenvalue weighted by Gasteiger charge is 2.33. The van der Waals surface area contributed by atoms with Crippen LogP contribution in [0, 0.1) is 0 Å². The maximum atomic E-state index is 12.4. The minimum atomic E-state index is -3.12. The van der Waals surface area contributed by atoms with Crippen LogP contribution >= 0.6 is 0 Å². The number of amides is 1. The lowest BCUT2D eigenvalue weighted by molar-refractivity contribution is -0.134. The van der Waals surface area contributed by atoms with Crippen molar-refractivity contribution in [3.63, 3.8) is 0 Å². The number of likely N-dealkylation sites (N-methyl/N-ethyl adjacent to an activating group) is 1. The second-order valence-corrected chi connectivity index (χ2v) is 8.27. The van der Waals surface area contributed by atoms with Crippen LogP contribution in [-0.4, -0.2) is 77.7 Å². The van der Waals surface area contributed by atoms with E-state index < -0.39 is 34.4 Å². The first-order valence-electron chi connectivity index (χ1n) is 8.15. The van der Waals surface area contributed by atoms with Crippen molar-refractivity contribution >= 4 is 21.7 Å². The molecule has 0 bridgehead atoms. The Hall–Kier alpha value is -2.49. The Morgan fingerprint density at radius 1 is 1.07 bits per heavy atom. The monoisotopic (exact) mass is 401 g/mol. The van der Waals surface area contributed by atoms with E-state index in [1.807, 2.05) is 0 Å². The summed E-state index contributed by atoms with van der Waals surface area (Å²) < 4.78 is 43.6. The smallest absolute Gasteiger partial charge is 0.342 e. The molecule has 1 aliphatic heterocycles. The number of carbonyl (C=O) groups excluding carboxylic acids is 2. The molecule has 1 amide bonds. The largest absolute Gasteiger partial charge is 0.496 e. The van der Waals surface area contributed by atoms with Gasteiger partial charge in [-0.1, -0.05) is 0 Å². The zero-order valence-corrected chi connectivity index (χ0v) is 16.5. The number of carbonyl (C=O) groups is 2. The fraction of sp³-hybridized carbons (Fsp3) is 0.529. The summed E-state index contributed by atoms with van der Waals surface area (Å²) in [5.74, 6) is -0.377. The summed E-state index contributed by atoms with van der Waals surface area (Å²) in [5, 5.41) is 0. The lowest BCUT2D eigenvalue weighted by Gasteiger charge is -2.23. The van der Waals surface area contributed by atoms with Crippen molar-refractivity contribution < 1.29 is 37.0 Å². The fourth-order valence-electron chi connectivity index (χ4n) is 2.78. The van der Waals surface area contributed by atoms with Gasteiger partial charge in [-0.2, -0.15) is 0 Å². The number of benzene rings is 1. The molecule has 1 heterocycles. The second-order valence-electron chi connectivity index (χ2n) is 6.05. The Labute approximate surface area is 158 Å². The summed E-state index contributed by atoms with van der Waals surface area (Å²) in [5.41, 5.74) is 0.0778. The van der Waals surface area contributed by atoms with Crippen molar-refractivity contribution in [2.75, 3.05) is 46.5 Å². The minimum absolute atomic E-state index is 0.0535. The van der Waals surface area contributed by atoms with E-state index in [0.717, 1.165) is 0 Å². The third-order valence-electron chi connectivity index (χ3n) is 4.40. The van der Waals surface area contributed by atoms with Crippen LogP contribution < -0.4 is 14.2 Å². The van der Waals surface area contributed by atoms with Crippen molar-refractivity contribution in [1.29, 1.82) is 0 Å². The van der Waals surface area contributed by atoms with E-state index >= 15 is 0 Å². The first-order chi connectivity index (χ1) is 12.7. The molecule has 0 N–H and O–H groups in total. The van der Waals surface area contributed by atoms with Crippen molar-refractivity contribution in [2.24, 2.45) is 0 Å². The van der Waals surface area contributed by atoms with E-state index in [0.29, 0.717) is 17.9 Å². The van der Waals surface area contributed by atoms with Crippen LogP contribution in [-0.2, 0) is 19.4 Å². The van der Waals surface area contributed by atoms with Crippen LogP contribution in [0.2, 0.25) is 0 Å². The molecule has 1 atom stereocenters. The quantitative estimate of drug-likeness (QED) is 0.608. The number of nitrogens with zero attached hydrogens (tertiary/aromatic N) is 1. The molecule has 1 aliphatic rings. The van der Waals surface area contributed by atoms with Crippen LogP contribution in [0.5, 0.6) is 17.2 Å². The third-order valence-corrected chi connectivity index (χ3v) is 6.15. The highest BCUT2D eigenvalue weighted by molar-refractivity contribution is 7.91. The van der Waals surface area contributed by atoms with Crippen LogP contribution in [0.3, 0.4) is 0 Å². The highest BCUT2D eigenvalue weighted by atomic mass is 32.2. The molecule has 1 fully saturated rings. The number of sulfone groups is 1. The Morgan fingerprint density at radius 3 is 2.19 bits per heavy atom. The van der Waals surface area contributed by atoms with Gasteiger partial charge in [-0.15, -0.1) is 0 Å². The Bertz CT molecular complexity index is 820. The molecule has 0 spiro atoms. The lowest BCUT2D eigenvalue weighted by Crippen LogP contribution is -2.40. The molecule has 0 aliphatic carbocycles. The van der Waals surface area contributed by atoms with Gasteiger partial charge in [0.2, 0.25) is 0 Å². The molecular formula is C17H23NO8S. The van der Waals surface area contributed by atoms with Gasteiger partial charge in [-0.25, -0.2) is 13.2 Å². The number of hydrogen-bond donors (Lipinski definition) is 0. The van der Waals surface area contributed by atoms with Gasteiger partial charge in [0, 0.05) is 25.2 Å². The zero-order valence-electron chi connectivity index (χ0n) is 15.7. The Morgan fingerprint density at radius 2 is 1.67 bits per heavy atom. The molecule has 0 aromatic heterocycles. The van der Waals surface area contributed by atoms with Crippen molar-refractivity contribution in [3.05, 3.63) is 17.7 Å². The average molecular weight is 401 g/mol. The fourth-order valence-corrected chi connectivity index (χ4v) is 4.55. The lowest BCUT2D eigenvalue weighted by atomic mass is 10.1.